The number of hydrogen-bond acceptors (Lipinski definition) is 5. The molecule has 1 aromatic heterocycles. The summed E-state index contributed by atoms with van der Waals surface area (Å²) in [5, 5.41) is 15.5. The highest BCUT2D eigenvalue weighted by Gasteiger charge is 2.30. The van der Waals surface area contributed by atoms with E-state index in [1.807, 2.05) is 13.8 Å². The SMILES string of the molecule is CC1CN(C(=O)c2cc(-c3ccccc3F)nn2-c2ccc([N+](=O)[O-])cc2)CC(C)O1. The van der Waals surface area contributed by atoms with Gasteiger partial charge in [0.1, 0.15) is 11.5 Å². The van der Waals surface area contributed by atoms with Crippen molar-refractivity contribution in [3.63, 3.8) is 0 Å². The molecule has 1 fully saturated rings. The first-order valence-electron chi connectivity index (χ1n) is 9.88. The number of carbonyl (C=O) groups is 1. The fourth-order valence-corrected chi connectivity index (χ4v) is 3.75. The molecule has 0 aliphatic carbocycles. The number of benzene rings is 2. The van der Waals surface area contributed by atoms with E-state index < -0.39 is 10.7 Å². The first kappa shape index (κ1) is 20.7. The molecule has 2 heterocycles. The van der Waals surface area contributed by atoms with Crippen LogP contribution in [0, 0.1) is 15.9 Å². The normalized spacial score (nSPS) is 18.7. The highest BCUT2D eigenvalue weighted by molar-refractivity contribution is 5.94. The Bertz CT molecular complexity index is 1120. The van der Waals surface area contributed by atoms with Crippen LogP contribution in [0.15, 0.2) is 54.6 Å². The molecule has 0 radical (unpaired) electrons. The number of morpholine rings is 1. The standard InChI is InChI=1S/C22H21FN4O4/c1-14-12-25(13-15(2)31-14)22(28)21-11-20(18-5-3-4-6-19(18)23)24-26(21)16-7-9-17(10-8-16)27(29)30/h3-11,14-15H,12-13H2,1-2H3. The lowest BCUT2D eigenvalue weighted by Crippen LogP contribution is -2.48. The lowest BCUT2D eigenvalue weighted by atomic mass is 10.1. The molecule has 0 N–H and O–H groups in total. The summed E-state index contributed by atoms with van der Waals surface area (Å²) in [6.07, 6.45) is -0.232. The molecule has 1 aliphatic rings. The van der Waals surface area contributed by atoms with E-state index in [0.29, 0.717) is 24.5 Å². The monoisotopic (exact) mass is 424 g/mol. The maximum absolute atomic E-state index is 14.4. The zero-order chi connectivity index (χ0) is 22.1. The number of nitrogens with zero attached hydrogens (tertiary/aromatic N) is 4. The summed E-state index contributed by atoms with van der Waals surface area (Å²) >= 11 is 0. The molecule has 2 atom stereocenters. The topological polar surface area (TPSA) is 90.5 Å². The van der Waals surface area contributed by atoms with Gasteiger partial charge in [0.2, 0.25) is 0 Å². The number of aromatic nitrogens is 2. The Labute approximate surface area is 178 Å². The molecule has 9 heteroatoms. The quantitative estimate of drug-likeness (QED) is 0.469. The molecular weight excluding hydrogens is 403 g/mol. The largest absolute Gasteiger partial charge is 0.372 e. The van der Waals surface area contributed by atoms with Gasteiger partial charge in [-0.3, -0.25) is 14.9 Å². The molecule has 160 valence electrons. The minimum absolute atomic E-state index is 0.0751. The van der Waals surface area contributed by atoms with Crippen LogP contribution in [0.2, 0.25) is 0 Å². The number of ether oxygens (including phenoxy) is 1. The number of rotatable bonds is 4. The lowest BCUT2D eigenvalue weighted by molar-refractivity contribution is -0.384. The van der Waals surface area contributed by atoms with Crippen molar-refractivity contribution in [2.45, 2.75) is 26.1 Å². The predicted octanol–water partition coefficient (Wildman–Crippen LogP) is 3.84. The maximum atomic E-state index is 14.4. The summed E-state index contributed by atoms with van der Waals surface area (Å²) in [6.45, 7) is 4.63. The van der Waals surface area contributed by atoms with Crippen molar-refractivity contribution in [2.24, 2.45) is 0 Å². The van der Waals surface area contributed by atoms with E-state index in [0.717, 1.165) is 0 Å². The summed E-state index contributed by atoms with van der Waals surface area (Å²) < 4.78 is 21.5. The number of hydrogen-bond donors (Lipinski definition) is 0. The van der Waals surface area contributed by atoms with E-state index in [2.05, 4.69) is 5.10 Å². The Balaban J connectivity index is 1.79. The van der Waals surface area contributed by atoms with Crippen molar-refractivity contribution in [2.75, 3.05) is 13.1 Å². The van der Waals surface area contributed by atoms with Gasteiger partial charge < -0.3 is 9.64 Å². The lowest BCUT2D eigenvalue weighted by Gasteiger charge is -2.35. The van der Waals surface area contributed by atoms with Crippen molar-refractivity contribution in [1.82, 2.24) is 14.7 Å². The van der Waals surface area contributed by atoms with Crippen LogP contribution < -0.4 is 0 Å². The minimum Gasteiger partial charge on any atom is -0.372 e. The van der Waals surface area contributed by atoms with Crippen LogP contribution in [-0.4, -0.2) is 50.8 Å². The predicted molar refractivity (Wildman–Crippen MR) is 112 cm³/mol. The van der Waals surface area contributed by atoms with Gasteiger partial charge in [-0.1, -0.05) is 12.1 Å². The van der Waals surface area contributed by atoms with Crippen molar-refractivity contribution in [3.05, 3.63) is 76.2 Å². The highest BCUT2D eigenvalue weighted by Crippen LogP contribution is 2.26. The second kappa shape index (κ2) is 8.27. The van der Waals surface area contributed by atoms with Crippen molar-refractivity contribution >= 4 is 11.6 Å². The molecule has 0 bridgehead atoms. The van der Waals surface area contributed by atoms with Gasteiger partial charge in [-0.05, 0) is 44.2 Å². The van der Waals surface area contributed by atoms with Gasteiger partial charge >= 0.3 is 0 Å². The van der Waals surface area contributed by atoms with Crippen LogP contribution in [-0.2, 0) is 4.74 Å². The van der Waals surface area contributed by atoms with Crippen LogP contribution in [0.25, 0.3) is 16.9 Å². The van der Waals surface area contributed by atoms with Gasteiger partial charge in [0.05, 0.1) is 28.5 Å². The van der Waals surface area contributed by atoms with Gasteiger partial charge in [0, 0.05) is 30.8 Å². The van der Waals surface area contributed by atoms with E-state index in [4.69, 9.17) is 4.74 Å². The molecule has 8 nitrogen and oxygen atoms in total. The second-order valence-electron chi connectivity index (χ2n) is 7.55. The third kappa shape index (κ3) is 4.17. The van der Waals surface area contributed by atoms with E-state index in [9.17, 15) is 19.3 Å². The van der Waals surface area contributed by atoms with Crippen molar-refractivity contribution in [1.29, 1.82) is 0 Å². The first-order valence-corrected chi connectivity index (χ1v) is 9.88. The Morgan fingerprint density at radius 3 is 2.39 bits per heavy atom. The van der Waals surface area contributed by atoms with Crippen molar-refractivity contribution in [3.8, 4) is 16.9 Å². The van der Waals surface area contributed by atoms with Crippen LogP contribution in [0.5, 0.6) is 0 Å². The fraction of sp³-hybridized carbons (Fsp3) is 0.273. The number of non-ortho nitro benzene ring substituents is 1. The summed E-state index contributed by atoms with van der Waals surface area (Å²) in [6, 6.07) is 13.4. The van der Waals surface area contributed by atoms with Crippen LogP contribution in [0.1, 0.15) is 24.3 Å². The Kier molecular flexibility index (Phi) is 5.51. The molecule has 3 aromatic rings. The molecular formula is C22H21FN4O4. The van der Waals surface area contributed by atoms with E-state index in [1.165, 1.54) is 35.0 Å². The van der Waals surface area contributed by atoms with Gasteiger partial charge in [-0.15, -0.1) is 0 Å². The average Bonchev–Trinajstić information content (AvgIpc) is 3.18. The molecule has 2 aromatic carbocycles. The van der Waals surface area contributed by atoms with Gasteiger partial charge in [-0.25, -0.2) is 9.07 Å². The number of nitro groups is 1. The summed E-state index contributed by atoms with van der Waals surface area (Å²) in [5.41, 5.74) is 1.20. The summed E-state index contributed by atoms with van der Waals surface area (Å²) in [5.74, 6) is -0.723. The molecule has 0 saturated carbocycles. The van der Waals surface area contributed by atoms with Crippen LogP contribution in [0.4, 0.5) is 10.1 Å². The molecule has 2 unspecified atom stereocenters. The molecule has 1 aliphatic heterocycles. The van der Waals surface area contributed by atoms with Gasteiger partial charge in [-0.2, -0.15) is 5.10 Å². The Hall–Kier alpha value is -3.59. The van der Waals surface area contributed by atoms with Crippen LogP contribution >= 0.6 is 0 Å². The second-order valence-corrected chi connectivity index (χ2v) is 7.55. The third-order valence-electron chi connectivity index (χ3n) is 5.09. The first-order chi connectivity index (χ1) is 14.8. The highest BCUT2D eigenvalue weighted by atomic mass is 19.1. The Morgan fingerprint density at radius 1 is 1.13 bits per heavy atom. The number of amides is 1. The maximum Gasteiger partial charge on any atom is 0.272 e. The smallest absolute Gasteiger partial charge is 0.272 e. The van der Waals surface area contributed by atoms with Crippen LogP contribution in [0.3, 0.4) is 0 Å². The summed E-state index contributed by atoms with van der Waals surface area (Å²) in [4.78, 5) is 25.6. The number of carbonyl (C=O) groups excluding carboxylic acids is 1. The molecule has 1 saturated heterocycles. The number of halogens is 1. The van der Waals surface area contributed by atoms with E-state index in [1.54, 1.807) is 29.2 Å². The molecule has 31 heavy (non-hydrogen) atoms. The zero-order valence-corrected chi connectivity index (χ0v) is 17.1. The molecule has 1 amide bonds. The average molecular weight is 424 g/mol. The van der Waals surface area contributed by atoms with E-state index in [-0.39, 0.29) is 35.1 Å². The fourth-order valence-electron chi connectivity index (χ4n) is 3.75. The number of nitro benzene ring substituents is 1. The van der Waals surface area contributed by atoms with Crippen molar-refractivity contribution < 1.29 is 18.8 Å². The molecule has 4 rings (SSSR count). The Morgan fingerprint density at radius 2 is 1.77 bits per heavy atom. The minimum atomic E-state index is -0.500. The van der Waals surface area contributed by atoms with Gasteiger partial charge in [0.25, 0.3) is 11.6 Å². The van der Waals surface area contributed by atoms with Gasteiger partial charge in [0.15, 0.2) is 0 Å². The molecule has 0 spiro atoms. The summed E-state index contributed by atoms with van der Waals surface area (Å²) in [7, 11) is 0. The van der Waals surface area contributed by atoms with E-state index >= 15 is 0 Å². The third-order valence-corrected chi connectivity index (χ3v) is 5.09. The zero-order valence-electron chi connectivity index (χ0n) is 17.1.